The molecule has 0 aliphatic heterocycles. The molecule has 3 heteroatoms. The third-order valence-corrected chi connectivity index (χ3v) is 4.76. The van der Waals surface area contributed by atoms with E-state index in [1.54, 1.807) is 0 Å². The van der Waals surface area contributed by atoms with Crippen molar-refractivity contribution in [2.75, 3.05) is 10.7 Å². The van der Waals surface area contributed by atoms with Gasteiger partial charge in [0.05, 0.1) is 0 Å². The predicted octanol–water partition coefficient (Wildman–Crippen LogP) is 5.70. The zero-order chi connectivity index (χ0) is 13.4. The van der Waals surface area contributed by atoms with Gasteiger partial charge in [-0.3, -0.25) is 0 Å². The van der Waals surface area contributed by atoms with Gasteiger partial charge in [-0.1, -0.05) is 44.0 Å². The molecule has 1 rings (SSSR count). The van der Waals surface area contributed by atoms with E-state index in [4.69, 9.17) is 0 Å². The van der Waals surface area contributed by atoms with E-state index in [0.29, 0.717) is 0 Å². The quantitative estimate of drug-likeness (QED) is 0.374. The summed E-state index contributed by atoms with van der Waals surface area (Å²) < 4.78 is 0. The van der Waals surface area contributed by atoms with Crippen molar-refractivity contribution in [3.63, 3.8) is 0 Å². The average molecular weight is 391 g/mol. The van der Waals surface area contributed by atoms with Crippen molar-refractivity contribution in [3.8, 4) is 0 Å². The van der Waals surface area contributed by atoms with E-state index in [-0.39, 0.29) is 0 Å². The molecular weight excluding hydrogens is 372 g/mol. The fourth-order valence-electron chi connectivity index (χ4n) is 2.01. The fourth-order valence-corrected chi connectivity index (χ4v) is 4.06. The Hall–Kier alpha value is 0.140. The summed E-state index contributed by atoms with van der Waals surface area (Å²) in [5.74, 6) is 1.45. The molecule has 99 valence electrons. The van der Waals surface area contributed by atoms with Crippen LogP contribution >= 0.6 is 43.2 Å². The molecule has 0 amide bonds. The highest BCUT2D eigenvalue weighted by Gasteiger charge is 2.18. The second kappa shape index (κ2) is 9.11. The van der Waals surface area contributed by atoms with Crippen LogP contribution in [0.5, 0.6) is 0 Å². The lowest BCUT2D eigenvalue weighted by atomic mass is 9.93. The minimum absolute atomic E-state index is 0.954. The Balaban J connectivity index is 3.03. The zero-order valence-electron chi connectivity index (χ0n) is 10.6. The first-order valence-corrected chi connectivity index (χ1v) is 9.18. The predicted molar refractivity (Wildman–Crippen MR) is 91.3 cm³/mol. The lowest BCUT2D eigenvalue weighted by molar-refractivity contribution is 0.941. The maximum atomic E-state index is 3.86. The Morgan fingerprint density at radius 1 is 1.11 bits per heavy atom. The van der Waals surface area contributed by atoms with Gasteiger partial charge in [0, 0.05) is 21.5 Å². The molecular formula is C15H19Br2S. The van der Waals surface area contributed by atoms with E-state index in [9.17, 15) is 0 Å². The van der Waals surface area contributed by atoms with Crippen LogP contribution in [0.2, 0.25) is 0 Å². The molecule has 0 saturated heterocycles. The van der Waals surface area contributed by atoms with E-state index in [1.807, 2.05) is 23.5 Å². The Morgan fingerprint density at radius 2 is 1.72 bits per heavy atom. The SMILES string of the molecule is C=CC[C](CC=C)c1scc(CCBr)c1CCBr. The highest BCUT2D eigenvalue weighted by atomic mass is 79.9. The Kier molecular flexibility index (Phi) is 8.20. The van der Waals surface area contributed by atoms with Gasteiger partial charge in [0.1, 0.15) is 0 Å². The van der Waals surface area contributed by atoms with Gasteiger partial charge in [0.25, 0.3) is 0 Å². The Bertz CT molecular complexity index is 372. The minimum atomic E-state index is 0.954. The third kappa shape index (κ3) is 4.36. The van der Waals surface area contributed by atoms with Crippen LogP contribution in [0, 0.1) is 5.92 Å². The molecule has 18 heavy (non-hydrogen) atoms. The van der Waals surface area contributed by atoms with Crippen LogP contribution in [-0.2, 0) is 12.8 Å². The summed E-state index contributed by atoms with van der Waals surface area (Å²) >= 11 is 8.96. The van der Waals surface area contributed by atoms with Crippen LogP contribution in [0.3, 0.4) is 0 Å². The number of aryl methyl sites for hydroxylation is 1. The van der Waals surface area contributed by atoms with Crippen molar-refractivity contribution in [2.45, 2.75) is 25.7 Å². The second-order valence-corrected chi connectivity index (χ2v) is 6.50. The summed E-state index contributed by atoms with van der Waals surface area (Å²) in [6, 6.07) is 0. The minimum Gasteiger partial charge on any atom is -0.148 e. The van der Waals surface area contributed by atoms with E-state index in [0.717, 1.165) is 36.3 Å². The summed E-state index contributed by atoms with van der Waals surface area (Å²) in [5.41, 5.74) is 2.99. The van der Waals surface area contributed by atoms with Crippen molar-refractivity contribution in [1.82, 2.24) is 0 Å². The smallest absolute Gasteiger partial charge is 0.0229 e. The topological polar surface area (TPSA) is 0 Å². The highest BCUT2D eigenvalue weighted by Crippen LogP contribution is 2.34. The summed E-state index contributed by atoms with van der Waals surface area (Å²) in [6.45, 7) is 7.72. The number of rotatable bonds is 9. The van der Waals surface area contributed by atoms with Crippen LogP contribution in [0.4, 0.5) is 0 Å². The largest absolute Gasteiger partial charge is 0.148 e. The third-order valence-electron chi connectivity index (χ3n) is 2.79. The first-order chi connectivity index (χ1) is 8.78. The number of thiophene rings is 1. The van der Waals surface area contributed by atoms with Crippen molar-refractivity contribution < 1.29 is 0 Å². The first kappa shape index (κ1) is 16.2. The molecule has 0 aromatic carbocycles. The summed E-state index contributed by atoms with van der Waals surface area (Å²) in [4.78, 5) is 1.45. The molecule has 0 N–H and O–H groups in total. The molecule has 0 fully saturated rings. The molecule has 0 saturated carbocycles. The molecule has 0 unspecified atom stereocenters. The Morgan fingerprint density at radius 3 is 2.22 bits per heavy atom. The normalized spacial score (nSPS) is 10.8. The van der Waals surface area contributed by atoms with Gasteiger partial charge >= 0.3 is 0 Å². The van der Waals surface area contributed by atoms with Gasteiger partial charge in [0.15, 0.2) is 0 Å². The van der Waals surface area contributed by atoms with Crippen LogP contribution in [0.1, 0.15) is 28.8 Å². The number of alkyl halides is 2. The van der Waals surface area contributed by atoms with Crippen LogP contribution < -0.4 is 0 Å². The van der Waals surface area contributed by atoms with Crippen molar-refractivity contribution in [2.24, 2.45) is 0 Å². The summed E-state index contributed by atoms with van der Waals surface area (Å²) in [5, 5.41) is 4.35. The highest BCUT2D eigenvalue weighted by molar-refractivity contribution is 9.09. The van der Waals surface area contributed by atoms with Crippen molar-refractivity contribution in [1.29, 1.82) is 0 Å². The number of allylic oxidation sites excluding steroid dienone is 2. The second-order valence-electron chi connectivity index (χ2n) is 4.04. The standard InChI is InChI=1S/C15H19Br2S/c1-3-5-12(6-4-2)15-14(8-10-17)13(7-9-16)11-18-15/h3-4,11H,1-2,5-10H2. The van der Waals surface area contributed by atoms with Gasteiger partial charge < -0.3 is 0 Å². The first-order valence-electron chi connectivity index (χ1n) is 6.06. The molecule has 0 atom stereocenters. The van der Waals surface area contributed by atoms with E-state index < -0.39 is 0 Å². The van der Waals surface area contributed by atoms with E-state index >= 15 is 0 Å². The molecule has 0 aliphatic carbocycles. The van der Waals surface area contributed by atoms with Gasteiger partial charge in [-0.25, -0.2) is 0 Å². The number of halogens is 2. The van der Waals surface area contributed by atoms with E-state index in [2.05, 4.69) is 50.4 Å². The van der Waals surface area contributed by atoms with Gasteiger partial charge in [0.2, 0.25) is 0 Å². The number of hydrogen-bond donors (Lipinski definition) is 0. The van der Waals surface area contributed by atoms with Crippen molar-refractivity contribution >= 4 is 43.2 Å². The molecule has 0 bridgehead atoms. The summed E-state index contributed by atoms with van der Waals surface area (Å²) in [6.07, 6.45) is 8.08. The van der Waals surface area contributed by atoms with Gasteiger partial charge in [-0.2, -0.15) is 0 Å². The van der Waals surface area contributed by atoms with Gasteiger partial charge in [-0.05, 0) is 42.2 Å². The fraction of sp³-hybridized carbons (Fsp3) is 0.400. The Labute approximate surface area is 131 Å². The summed E-state index contributed by atoms with van der Waals surface area (Å²) in [7, 11) is 0. The molecule has 1 radical (unpaired) electrons. The molecule has 0 nitrogen and oxygen atoms in total. The molecule has 1 aromatic rings. The van der Waals surface area contributed by atoms with Crippen molar-refractivity contribution in [3.05, 3.63) is 52.6 Å². The van der Waals surface area contributed by atoms with Crippen LogP contribution in [0.25, 0.3) is 0 Å². The monoisotopic (exact) mass is 389 g/mol. The zero-order valence-corrected chi connectivity index (χ0v) is 14.5. The lowest BCUT2D eigenvalue weighted by Gasteiger charge is -2.14. The molecule has 0 aliphatic rings. The maximum Gasteiger partial charge on any atom is 0.0229 e. The maximum absolute atomic E-state index is 3.86. The van der Waals surface area contributed by atoms with Gasteiger partial charge in [-0.15, -0.1) is 24.5 Å². The number of hydrogen-bond acceptors (Lipinski definition) is 1. The average Bonchev–Trinajstić information content (AvgIpc) is 2.74. The van der Waals surface area contributed by atoms with E-state index in [1.165, 1.54) is 21.9 Å². The van der Waals surface area contributed by atoms with Crippen LogP contribution in [-0.4, -0.2) is 10.7 Å². The molecule has 1 heterocycles. The lowest BCUT2D eigenvalue weighted by Crippen LogP contribution is -2.02. The molecule has 0 spiro atoms. The van der Waals surface area contributed by atoms with Crippen LogP contribution in [0.15, 0.2) is 30.7 Å². The molecule has 1 aromatic heterocycles.